The second kappa shape index (κ2) is 10.9. The molecular weight excluding hydrogens is 512 g/mol. The summed E-state index contributed by atoms with van der Waals surface area (Å²) in [6.07, 6.45) is 0. The van der Waals surface area contributed by atoms with E-state index in [1.165, 1.54) is 21.6 Å². The van der Waals surface area contributed by atoms with E-state index in [1.807, 2.05) is 24.3 Å². The van der Waals surface area contributed by atoms with Crippen molar-refractivity contribution in [1.29, 1.82) is 0 Å². The first-order valence-electron chi connectivity index (χ1n) is 11.7. The molecular formula is C28H27ClN2OS3. The number of benzene rings is 3. The normalized spacial score (nSPS) is 14.9. The summed E-state index contributed by atoms with van der Waals surface area (Å²) in [4.78, 5) is 6.09. The topological polar surface area (TPSA) is 26.7 Å². The summed E-state index contributed by atoms with van der Waals surface area (Å²) in [5.74, 6) is 0.346. The molecule has 4 aromatic rings. The van der Waals surface area contributed by atoms with Crippen LogP contribution in [0.5, 0.6) is 5.75 Å². The zero-order valence-electron chi connectivity index (χ0n) is 19.5. The fourth-order valence-corrected chi connectivity index (χ4v) is 7.51. The van der Waals surface area contributed by atoms with Gasteiger partial charge in [0.15, 0.2) is 0 Å². The Labute approximate surface area is 224 Å². The molecule has 0 radical (unpaired) electrons. The van der Waals surface area contributed by atoms with Crippen LogP contribution in [0, 0.1) is 10.7 Å². The van der Waals surface area contributed by atoms with Crippen LogP contribution in [0.25, 0.3) is 21.6 Å². The van der Waals surface area contributed by atoms with Gasteiger partial charge in [0, 0.05) is 55.4 Å². The minimum absolute atomic E-state index is 0.346. The number of hydrogen-bond acceptors (Lipinski definition) is 6. The quantitative estimate of drug-likeness (QED) is 0.200. The van der Waals surface area contributed by atoms with E-state index in [1.54, 1.807) is 20.7 Å². The van der Waals surface area contributed by atoms with Crippen molar-refractivity contribution in [3.63, 3.8) is 0 Å². The molecule has 5 rings (SSSR count). The number of halogens is 1. The molecule has 0 atom stereocenters. The van der Waals surface area contributed by atoms with Crippen LogP contribution in [0.3, 0.4) is 0 Å². The lowest BCUT2D eigenvalue weighted by molar-refractivity contribution is 0.121. The second-order valence-electron chi connectivity index (χ2n) is 9.05. The van der Waals surface area contributed by atoms with Crippen molar-refractivity contribution < 1.29 is 5.11 Å². The van der Waals surface area contributed by atoms with Crippen LogP contribution < -0.4 is 0 Å². The van der Waals surface area contributed by atoms with Crippen molar-refractivity contribution in [3.05, 3.63) is 92.3 Å². The highest BCUT2D eigenvalue weighted by molar-refractivity contribution is 7.80. The molecule has 35 heavy (non-hydrogen) atoms. The maximum atomic E-state index is 10.6. The van der Waals surface area contributed by atoms with Crippen molar-refractivity contribution in [2.75, 3.05) is 26.2 Å². The number of hydrogen-bond donors (Lipinski definition) is 1. The summed E-state index contributed by atoms with van der Waals surface area (Å²) in [7, 11) is 3.37. The van der Waals surface area contributed by atoms with E-state index in [0.29, 0.717) is 5.75 Å². The molecule has 0 bridgehead atoms. The van der Waals surface area contributed by atoms with Gasteiger partial charge in [0.25, 0.3) is 0 Å². The van der Waals surface area contributed by atoms with E-state index in [2.05, 4.69) is 59.2 Å². The molecule has 0 amide bonds. The highest BCUT2D eigenvalue weighted by atomic mass is 35.5. The Morgan fingerprint density at radius 3 is 2.14 bits per heavy atom. The summed E-state index contributed by atoms with van der Waals surface area (Å²) in [5.41, 5.74) is 6.86. The lowest BCUT2D eigenvalue weighted by atomic mass is 10.0. The smallest absolute Gasteiger partial charge is 0.120 e. The molecule has 0 aliphatic carbocycles. The molecule has 0 saturated carbocycles. The van der Waals surface area contributed by atoms with Gasteiger partial charge in [0.2, 0.25) is 0 Å². The molecule has 1 aliphatic rings. The van der Waals surface area contributed by atoms with E-state index in [9.17, 15) is 5.11 Å². The SMILES string of the molecule is Cc1ccc(-c2ssc(=S)c2-c2ccc(O)c(CN3CCN(Cc4ccc(Cl)cc4)CC3)c2)cc1. The molecule has 1 fully saturated rings. The number of phenolic OH excluding ortho intramolecular Hbond substituents is 1. The van der Waals surface area contributed by atoms with Gasteiger partial charge >= 0.3 is 0 Å². The molecule has 180 valence electrons. The largest absolute Gasteiger partial charge is 0.508 e. The highest BCUT2D eigenvalue weighted by Gasteiger charge is 2.20. The Morgan fingerprint density at radius 1 is 0.829 bits per heavy atom. The average molecular weight is 539 g/mol. The van der Waals surface area contributed by atoms with E-state index >= 15 is 0 Å². The third kappa shape index (κ3) is 5.85. The number of aromatic hydroxyl groups is 1. The maximum Gasteiger partial charge on any atom is 0.120 e. The Morgan fingerprint density at radius 2 is 1.46 bits per heavy atom. The number of rotatable bonds is 6. The Balaban J connectivity index is 1.30. The predicted octanol–water partition coefficient (Wildman–Crippen LogP) is 7.86. The van der Waals surface area contributed by atoms with Crippen molar-refractivity contribution in [1.82, 2.24) is 9.80 Å². The van der Waals surface area contributed by atoms with Crippen molar-refractivity contribution in [3.8, 4) is 27.3 Å². The molecule has 2 heterocycles. The minimum Gasteiger partial charge on any atom is -0.508 e. The van der Waals surface area contributed by atoms with E-state index < -0.39 is 0 Å². The Hall–Kier alpha value is -2.06. The fourth-order valence-electron chi connectivity index (χ4n) is 4.46. The van der Waals surface area contributed by atoms with Gasteiger partial charge in [-0.2, -0.15) is 0 Å². The molecule has 1 aliphatic heterocycles. The monoisotopic (exact) mass is 538 g/mol. The molecule has 1 saturated heterocycles. The summed E-state index contributed by atoms with van der Waals surface area (Å²) in [6, 6.07) is 22.6. The van der Waals surface area contributed by atoms with Gasteiger partial charge in [-0.1, -0.05) is 92.5 Å². The van der Waals surface area contributed by atoms with Crippen LogP contribution in [-0.2, 0) is 13.1 Å². The minimum atomic E-state index is 0.346. The summed E-state index contributed by atoms with van der Waals surface area (Å²) >= 11 is 11.8. The van der Waals surface area contributed by atoms with E-state index in [0.717, 1.165) is 64.8 Å². The van der Waals surface area contributed by atoms with Gasteiger partial charge in [-0.25, -0.2) is 0 Å². The van der Waals surface area contributed by atoms with Gasteiger partial charge in [0.1, 0.15) is 9.57 Å². The third-order valence-corrected chi connectivity index (χ3v) is 9.81. The summed E-state index contributed by atoms with van der Waals surface area (Å²) in [6.45, 7) is 7.72. The third-order valence-electron chi connectivity index (χ3n) is 6.49. The number of phenols is 1. The first kappa shape index (κ1) is 24.6. The van der Waals surface area contributed by atoms with Gasteiger partial charge in [-0.05, 0) is 47.9 Å². The highest BCUT2D eigenvalue weighted by Crippen LogP contribution is 2.42. The van der Waals surface area contributed by atoms with Crippen LogP contribution >= 0.6 is 44.5 Å². The van der Waals surface area contributed by atoms with Crippen molar-refractivity contribution in [2.24, 2.45) is 0 Å². The van der Waals surface area contributed by atoms with Crippen LogP contribution in [0.15, 0.2) is 66.7 Å². The zero-order valence-corrected chi connectivity index (χ0v) is 22.7. The van der Waals surface area contributed by atoms with Gasteiger partial charge < -0.3 is 5.11 Å². The molecule has 0 unspecified atom stereocenters. The van der Waals surface area contributed by atoms with Gasteiger partial charge in [-0.15, -0.1) is 0 Å². The Kier molecular flexibility index (Phi) is 7.68. The van der Waals surface area contributed by atoms with Crippen molar-refractivity contribution in [2.45, 2.75) is 20.0 Å². The van der Waals surface area contributed by atoms with Crippen LogP contribution in [0.2, 0.25) is 5.02 Å². The Bertz CT molecular complexity index is 1350. The van der Waals surface area contributed by atoms with Gasteiger partial charge in [-0.3, -0.25) is 9.80 Å². The number of piperazine rings is 1. The molecule has 7 heteroatoms. The molecule has 1 N–H and O–H groups in total. The first-order chi connectivity index (χ1) is 17.0. The van der Waals surface area contributed by atoms with Crippen molar-refractivity contribution >= 4 is 44.5 Å². The van der Waals surface area contributed by atoms with E-state index in [4.69, 9.17) is 23.8 Å². The van der Waals surface area contributed by atoms with Crippen LogP contribution in [-0.4, -0.2) is 41.1 Å². The lowest BCUT2D eigenvalue weighted by Gasteiger charge is -2.35. The predicted molar refractivity (Wildman–Crippen MR) is 152 cm³/mol. The standard InChI is InChI=1S/C28H27ClN2OS3/c1-19-2-6-21(7-3-19)27-26(28(33)35-34-27)22-8-11-25(32)23(16-22)18-31-14-12-30(13-15-31)17-20-4-9-24(29)10-5-20/h2-11,16,32H,12-15,17-18H2,1H3. The first-order valence-corrected chi connectivity index (χ1v) is 14.6. The molecule has 3 nitrogen and oxygen atoms in total. The zero-order chi connectivity index (χ0) is 24.4. The maximum absolute atomic E-state index is 10.6. The average Bonchev–Trinajstić information content (AvgIpc) is 3.25. The lowest BCUT2D eigenvalue weighted by Crippen LogP contribution is -2.45. The van der Waals surface area contributed by atoms with Crippen LogP contribution in [0.4, 0.5) is 0 Å². The molecule has 1 aromatic heterocycles. The van der Waals surface area contributed by atoms with Crippen LogP contribution in [0.1, 0.15) is 16.7 Å². The molecule has 0 spiro atoms. The molecule has 3 aromatic carbocycles. The fraction of sp³-hybridized carbons (Fsp3) is 0.250. The van der Waals surface area contributed by atoms with E-state index in [-0.39, 0.29) is 0 Å². The summed E-state index contributed by atoms with van der Waals surface area (Å²) in [5, 5.41) is 11.4. The summed E-state index contributed by atoms with van der Waals surface area (Å²) < 4.78 is 0.901. The van der Waals surface area contributed by atoms with Gasteiger partial charge in [0.05, 0.1) is 4.88 Å². The second-order valence-corrected chi connectivity index (χ2v) is 12.3. The number of nitrogens with zero attached hydrogens (tertiary/aromatic N) is 2. The number of aryl methyl sites for hydroxylation is 1.